The van der Waals surface area contributed by atoms with Crippen molar-refractivity contribution in [1.29, 1.82) is 0 Å². The highest BCUT2D eigenvalue weighted by atomic mass is 32.1. The Balaban J connectivity index is 2.08. The lowest BCUT2D eigenvalue weighted by Gasteiger charge is -2.40. The van der Waals surface area contributed by atoms with E-state index in [0.717, 1.165) is 24.1 Å². The summed E-state index contributed by atoms with van der Waals surface area (Å²) in [4.78, 5) is 55.2. The minimum absolute atomic E-state index is 0.0275. The van der Waals surface area contributed by atoms with Crippen LogP contribution in [0.5, 0.6) is 0 Å². The summed E-state index contributed by atoms with van der Waals surface area (Å²) in [6.45, 7) is 10.9. The fourth-order valence-corrected chi connectivity index (χ4v) is 5.68. The monoisotopic (exact) mass is 550 g/mol. The maximum atomic E-state index is 13.7. The second-order valence-corrected chi connectivity index (χ2v) is 12.6. The van der Waals surface area contributed by atoms with Crippen molar-refractivity contribution in [1.82, 2.24) is 20.2 Å². The Bertz CT molecular complexity index is 909. The molecule has 1 aromatic rings. The number of nitrogens with one attached hydrogen (secondary N) is 1. The number of carbonyl (C=O) groups excluding carboxylic acids is 4. The number of hydrogen-bond donors (Lipinski definition) is 2. The molecular weight excluding hydrogens is 504 g/mol. The number of likely N-dealkylation sites (N-methyl/N-ethyl adjacent to an activating group) is 1. The van der Waals surface area contributed by atoms with E-state index in [4.69, 9.17) is 0 Å². The van der Waals surface area contributed by atoms with Gasteiger partial charge in [0.15, 0.2) is 0 Å². The van der Waals surface area contributed by atoms with Crippen LogP contribution in [-0.2, 0) is 14.4 Å². The van der Waals surface area contributed by atoms with Gasteiger partial charge in [-0.05, 0) is 42.0 Å². The molecule has 2 N–H and O–H groups in total. The molecular formula is C28H46N4O5S. The van der Waals surface area contributed by atoms with E-state index in [1.807, 2.05) is 43.2 Å². The maximum absolute atomic E-state index is 13.7. The number of amides is 4. The van der Waals surface area contributed by atoms with Gasteiger partial charge in [-0.15, -0.1) is 11.3 Å². The zero-order valence-electron chi connectivity index (χ0n) is 23.8. The Morgan fingerprint density at radius 2 is 1.92 bits per heavy atom. The Labute approximate surface area is 231 Å². The van der Waals surface area contributed by atoms with Crippen molar-refractivity contribution in [3.8, 4) is 0 Å². The minimum Gasteiger partial charge on any atom is -0.344 e. The summed E-state index contributed by atoms with van der Waals surface area (Å²) in [5.74, 6) is -0.888. The van der Waals surface area contributed by atoms with Crippen molar-refractivity contribution >= 4 is 35.5 Å². The molecule has 38 heavy (non-hydrogen) atoms. The molecule has 0 saturated carbocycles. The average molecular weight is 551 g/mol. The SMILES string of the molecule is CCCCC(C)CC(CN(O)C=O)C(=O)N[C@H](C(=O)N(C)C1CCN(C(=O)c2cccs2)CC1)C(C)(C)C. The molecule has 0 spiro atoms. The van der Waals surface area contributed by atoms with Gasteiger partial charge in [-0.2, -0.15) is 0 Å². The predicted octanol–water partition coefficient (Wildman–Crippen LogP) is 4.02. The Hall–Kier alpha value is -2.46. The topological polar surface area (TPSA) is 110 Å². The molecule has 0 bridgehead atoms. The van der Waals surface area contributed by atoms with Crippen LogP contribution in [0.25, 0.3) is 0 Å². The first-order valence-electron chi connectivity index (χ1n) is 13.7. The second kappa shape index (κ2) is 14.6. The summed E-state index contributed by atoms with van der Waals surface area (Å²) in [6, 6.07) is 2.88. The first-order chi connectivity index (χ1) is 17.9. The Morgan fingerprint density at radius 1 is 1.26 bits per heavy atom. The van der Waals surface area contributed by atoms with Gasteiger partial charge in [-0.25, -0.2) is 5.06 Å². The van der Waals surface area contributed by atoms with E-state index < -0.39 is 17.4 Å². The number of hydrogen-bond acceptors (Lipinski definition) is 6. The second-order valence-electron chi connectivity index (χ2n) is 11.7. The van der Waals surface area contributed by atoms with Gasteiger partial charge in [0, 0.05) is 26.2 Å². The minimum atomic E-state index is -0.775. The summed E-state index contributed by atoms with van der Waals surface area (Å²) >= 11 is 1.43. The van der Waals surface area contributed by atoms with E-state index in [2.05, 4.69) is 19.2 Å². The first-order valence-corrected chi connectivity index (χ1v) is 14.6. The molecule has 0 radical (unpaired) electrons. The lowest BCUT2D eigenvalue weighted by Crippen LogP contribution is -2.58. The van der Waals surface area contributed by atoms with Crippen LogP contribution in [0.4, 0.5) is 0 Å². The van der Waals surface area contributed by atoms with Gasteiger partial charge in [-0.3, -0.25) is 24.4 Å². The number of rotatable bonds is 13. The van der Waals surface area contributed by atoms with Crippen LogP contribution in [0.2, 0.25) is 0 Å². The molecule has 9 nitrogen and oxygen atoms in total. The molecule has 1 fully saturated rings. The van der Waals surface area contributed by atoms with Gasteiger partial charge < -0.3 is 15.1 Å². The average Bonchev–Trinajstić information content (AvgIpc) is 3.43. The Kier molecular flexibility index (Phi) is 12.2. The number of unbranched alkanes of at least 4 members (excludes halogenated alkanes) is 1. The van der Waals surface area contributed by atoms with Crippen molar-refractivity contribution in [3.05, 3.63) is 22.4 Å². The number of likely N-dealkylation sites (tertiary alicyclic amines) is 1. The molecule has 0 aliphatic carbocycles. The van der Waals surface area contributed by atoms with Crippen LogP contribution in [0, 0.1) is 17.3 Å². The Morgan fingerprint density at radius 3 is 2.45 bits per heavy atom. The molecule has 214 valence electrons. The van der Waals surface area contributed by atoms with Crippen LogP contribution in [0.1, 0.15) is 82.8 Å². The highest BCUT2D eigenvalue weighted by molar-refractivity contribution is 7.12. The fraction of sp³-hybridized carbons (Fsp3) is 0.714. The largest absolute Gasteiger partial charge is 0.344 e. The molecule has 0 aromatic carbocycles. The van der Waals surface area contributed by atoms with Crippen LogP contribution in [-0.4, -0.2) is 83.0 Å². The zero-order chi connectivity index (χ0) is 28.5. The molecule has 1 aliphatic rings. The van der Waals surface area contributed by atoms with Crippen molar-refractivity contribution < 1.29 is 24.4 Å². The van der Waals surface area contributed by atoms with Crippen LogP contribution in [0.3, 0.4) is 0 Å². The lowest BCUT2D eigenvalue weighted by atomic mass is 9.84. The predicted molar refractivity (Wildman–Crippen MR) is 149 cm³/mol. The third-order valence-electron chi connectivity index (χ3n) is 7.42. The van der Waals surface area contributed by atoms with E-state index in [1.54, 1.807) is 11.9 Å². The smallest absolute Gasteiger partial charge is 0.263 e. The molecule has 2 rings (SSSR count). The number of piperidine rings is 1. The maximum Gasteiger partial charge on any atom is 0.263 e. The van der Waals surface area contributed by atoms with Gasteiger partial charge in [0.25, 0.3) is 5.91 Å². The van der Waals surface area contributed by atoms with Gasteiger partial charge in [0.2, 0.25) is 18.2 Å². The van der Waals surface area contributed by atoms with Crippen LogP contribution < -0.4 is 5.32 Å². The lowest BCUT2D eigenvalue weighted by molar-refractivity contribution is -0.156. The van der Waals surface area contributed by atoms with E-state index in [1.165, 1.54) is 11.3 Å². The van der Waals surface area contributed by atoms with Crippen molar-refractivity contribution in [2.45, 2.75) is 85.2 Å². The van der Waals surface area contributed by atoms with Crippen molar-refractivity contribution in [2.75, 3.05) is 26.7 Å². The molecule has 1 saturated heterocycles. The van der Waals surface area contributed by atoms with E-state index >= 15 is 0 Å². The standard InChI is InChI=1S/C28H46N4O5S/c1-7-8-10-20(2)17-21(18-32(37)19-33)25(34)29-24(28(3,4)5)27(36)30(6)22-12-14-31(15-13-22)26(35)23-11-9-16-38-23/h9,11,16,19-22,24,37H,7-8,10,12-15,17-18H2,1-6H3,(H,29,34)/t20?,21?,24-/m1/s1. The summed E-state index contributed by atoms with van der Waals surface area (Å²) in [6.07, 6.45) is 5.18. The third kappa shape index (κ3) is 9.08. The number of nitrogens with zero attached hydrogens (tertiary/aromatic N) is 3. The molecule has 4 amide bonds. The third-order valence-corrected chi connectivity index (χ3v) is 8.27. The van der Waals surface area contributed by atoms with Gasteiger partial charge in [0.05, 0.1) is 17.3 Å². The highest BCUT2D eigenvalue weighted by Crippen LogP contribution is 2.26. The molecule has 1 aliphatic heterocycles. The summed E-state index contributed by atoms with van der Waals surface area (Å²) in [7, 11) is 1.76. The summed E-state index contributed by atoms with van der Waals surface area (Å²) < 4.78 is 0. The summed E-state index contributed by atoms with van der Waals surface area (Å²) in [5.41, 5.74) is -0.557. The van der Waals surface area contributed by atoms with Gasteiger partial charge >= 0.3 is 0 Å². The normalized spacial score (nSPS) is 16.9. The number of thiophene rings is 1. The quantitative estimate of drug-likeness (QED) is 0.219. The highest BCUT2D eigenvalue weighted by Gasteiger charge is 2.39. The fourth-order valence-electron chi connectivity index (χ4n) is 4.99. The molecule has 1 aromatic heterocycles. The zero-order valence-corrected chi connectivity index (χ0v) is 24.6. The molecule has 2 unspecified atom stereocenters. The molecule has 3 atom stereocenters. The first kappa shape index (κ1) is 31.8. The van der Waals surface area contributed by atoms with Crippen LogP contribution >= 0.6 is 11.3 Å². The summed E-state index contributed by atoms with van der Waals surface area (Å²) in [5, 5.41) is 15.2. The molecule has 10 heteroatoms. The number of hydroxylamine groups is 2. The van der Waals surface area contributed by atoms with E-state index in [9.17, 15) is 24.4 Å². The van der Waals surface area contributed by atoms with Gasteiger partial charge in [0.1, 0.15) is 6.04 Å². The van der Waals surface area contributed by atoms with E-state index in [-0.39, 0.29) is 36.2 Å². The molecule has 2 heterocycles. The van der Waals surface area contributed by atoms with Crippen molar-refractivity contribution in [2.24, 2.45) is 17.3 Å². The van der Waals surface area contributed by atoms with Gasteiger partial charge in [-0.1, -0.05) is 59.9 Å². The van der Waals surface area contributed by atoms with Crippen LogP contribution in [0.15, 0.2) is 17.5 Å². The van der Waals surface area contributed by atoms with Crippen molar-refractivity contribution in [3.63, 3.8) is 0 Å². The van der Waals surface area contributed by atoms with E-state index in [0.29, 0.717) is 43.8 Å². The number of carbonyl (C=O) groups is 4.